The first kappa shape index (κ1) is 20.2. The van der Waals surface area contributed by atoms with E-state index in [2.05, 4.69) is 6.92 Å². The van der Waals surface area contributed by atoms with Crippen molar-refractivity contribution in [2.45, 2.75) is 19.5 Å². The molecule has 1 fully saturated rings. The number of ether oxygens (including phenoxy) is 3. The van der Waals surface area contributed by atoms with Crippen molar-refractivity contribution < 1.29 is 23.8 Å². The number of urea groups is 1. The first-order valence-corrected chi connectivity index (χ1v) is 10.0. The van der Waals surface area contributed by atoms with Crippen molar-refractivity contribution in [1.82, 2.24) is 9.38 Å². The second kappa shape index (κ2) is 7.65. The van der Waals surface area contributed by atoms with Crippen molar-refractivity contribution in [1.29, 1.82) is 0 Å². The highest BCUT2D eigenvalue weighted by Crippen LogP contribution is 2.37. The van der Waals surface area contributed by atoms with E-state index in [0.717, 1.165) is 17.0 Å². The average molecular weight is 411 g/mol. The van der Waals surface area contributed by atoms with E-state index >= 15 is 0 Å². The van der Waals surface area contributed by atoms with E-state index in [1.807, 2.05) is 42.3 Å². The van der Waals surface area contributed by atoms with E-state index in [0.29, 0.717) is 31.0 Å². The molecule has 2 aromatic rings. The molecule has 0 radical (unpaired) electrons. The zero-order valence-corrected chi connectivity index (χ0v) is 17.8. The molecule has 0 N–H and O–H groups in total. The highest BCUT2D eigenvalue weighted by molar-refractivity contribution is 5.90. The number of benzene rings is 2. The molecule has 7 heteroatoms. The van der Waals surface area contributed by atoms with Crippen molar-refractivity contribution in [3.8, 4) is 11.5 Å². The highest BCUT2D eigenvalue weighted by Gasteiger charge is 2.50. The van der Waals surface area contributed by atoms with Crippen LogP contribution in [0.4, 0.5) is 10.5 Å². The zero-order valence-electron chi connectivity index (χ0n) is 17.8. The Kier molecular flexibility index (Phi) is 5.15. The fourth-order valence-corrected chi connectivity index (χ4v) is 4.50. The van der Waals surface area contributed by atoms with Crippen LogP contribution in [0, 0.1) is 5.92 Å². The number of carbonyl (C=O) groups is 2. The minimum Gasteiger partial charge on any atom is -0.497 e. The SMILES string of the molecule is COC(=O)c1ccc2c(c1)OC[C@@H]1C(C)C[N+](C)(c3ccc(OC)cc3)C(=O)N1C2. The topological polar surface area (TPSA) is 65.1 Å². The number of nitrogens with zero attached hydrogens (tertiary/aromatic N) is 2. The molecule has 30 heavy (non-hydrogen) atoms. The molecule has 1 saturated heterocycles. The van der Waals surface area contributed by atoms with Gasteiger partial charge in [-0.3, -0.25) is 4.90 Å². The fourth-order valence-electron chi connectivity index (χ4n) is 4.50. The van der Waals surface area contributed by atoms with Crippen LogP contribution in [-0.4, -0.2) is 57.4 Å². The Morgan fingerprint density at radius 3 is 2.57 bits per heavy atom. The normalized spacial score (nSPS) is 25.5. The van der Waals surface area contributed by atoms with Gasteiger partial charge in [-0.05, 0) is 24.3 Å². The van der Waals surface area contributed by atoms with E-state index in [-0.39, 0.29) is 22.5 Å². The highest BCUT2D eigenvalue weighted by atomic mass is 16.5. The number of fused-ring (bicyclic) bond motifs is 2. The lowest BCUT2D eigenvalue weighted by molar-refractivity contribution is 0.0587. The quantitative estimate of drug-likeness (QED) is 0.572. The summed E-state index contributed by atoms with van der Waals surface area (Å²) in [6.45, 7) is 3.67. The van der Waals surface area contributed by atoms with E-state index < -0.39 is 5.97 Å². The maximum absolute atomic E-state index is 13.7. The van der Waals surface area contributed by atoms with Gasteiger partial charge < -0.3 is 14.2 Å². The van der Waals surface area contributed by atoms with Crippen molar-refractivity contribution in [2.75, 3.05) is 34.4 Å². The van der Waals surface area contributed by atoms with E-state index in [1.165, 1.54) is 7.11 Å². The van der Waals surface area contributed by atoms with E-state index in [4.69, 9.17) is 14.2 Å². The van der Waals surface area contributed by atoms with Gasteiger partial charge >= 0.3 is 12.0 Å². The van der Waals surface area contributed by atoms with Gasteiger partial charge in [0.15, 0.2) is 0 Å². The van der Waals surface area contributed by atoms with E-state index in [9.17, 15) is 9.59 Å². The van der Waals surface area contributed by atoms with Gasteiger partial charge in [-0.2, -0.15) is 0 Å². The molecule has 158 valence electrons. The third-order valence-corrected chi connectivity index (χ3v) is 6.26. The molecule has 0 bridgehead atoms. The van der Waals surface area contributed by atoms with Crippen LogP contribution in [0.2, 0.25) is 0 Å². The molecule has 0 aromatic heterocycles. The second-order valence-corrected chi connectivity index (χ2v) is 8.15. The van der Waals surface area contributed by atoms with Crippen LogP contribution < -0.4 is 14.0 Å². The van der Waals surface area contributed by atoms with Crippen molar-refractivity contribution in [3.05, 3.63) is 53.6 Å². The number of hydrogen-bond acceptors (Lipinski definition) is 5. The van der Waals surface area contributed by atoms with Gasteiger partial charge in [0.05, 0.1) is 46.0 Å². The largest absolute Gasteiger partial charge is 0.497 e. The number of rotatable bonds is 3. The molecule has 3 atom stereocenters. The summed E-state index contributed by atoms with van der Waals surface area (Å²) in [5.41, 5.74) is 2.25. The van der Waals surface area contributed by atoms with Crippen molar-refractivity contribution in [3.63, 3.8) is 0 Å². The summed E-state index contributed by atoms with van der Waals surface area (Å²) < 4.78 is 16.3. The lowest BCUT2D eigenvalue weighted by Crippen LogP contribution is -2.68. The van der Waals surface area contributed by atoms with Crippen molar-refractivity contribution in [2.24, 2.45) is 5.92 Å². The minimum absolute atomic E-state index is 0.0316. The molecule has 0 spiro atoms. The van der Waals surface area contributed by atoms with Crippen LogP contribution in [0.25, 0.3) is 0 Å². The van der Waals surface area contributed by atoms with Gasteiger partial charge in [0.1, 0.15) is 23.8 Å². The van der Waals surface area contributed by atoms with Crippen LogP contribution in [0.15, 0.2) is 42.5 Å². The van der Waals surface area contributed by atoms with Crippen LogP contribution in [0.5, 0.6) is 11.5 Å². The minimum atomic E-state index is -0.406. The third-order valence-electron chi connectivity index (χ3n) is 6.26. The molecule has 0 saturated carbocycles. The van der Waals surface area contributed by atoms with Crippen LogP contribution in [-0.2, 0) is 11.3 Å². The fraction of sp³-hybridized carbons (Fsp3) is 0.391. The van der Waals surface area contributed by atoms with Gasteiger partial charge in [0.2, 0.25) is 0 Å². The standard InChI is InChI=1S/C23H27N2O5/c1-15-13-25(2,18-7-9-19(28-3)10-8-18)23(27)24-12-17-6-5-16(22(26)29-4)11-21(17)30-14-20(15)24/h5-11,15,20H,12-14H2,1-4H3/q+1/t15?,20-,25?/m1/s1. The molecule has 4 rings (SSSR count). The summed E-state index contributed by atoms with van der Waals surface area (Å²) in [7, 11) is 4.95. The number of carbonyl (C=O) groups excluding carboxylic acids is 2. The molecule has 7 nitrogen and oxygen atoms in total. The Balaban J connectivity index is 1.67. The smallest absolute Gasteiger partial charge is 0.424 e. The third kappa shape index (κ3) is 3.29. The maximum Gasteiger partial charge on any atom is 0.424 e. The number of esters is 1. The predicted molar refractivity (Wildman–Crippen MR) is 113 cm³/mol. The van der Waals surface area contributed by atoms with Gasteiger partial charge in [-0.15, -0.1) is 0 Å². The maximum atomic E-state index is 13.7. The second-order valence-electron chi connectivity index (χ2n) is 8.15. The zero-order chi connectivity index (χ0) is 21.5. The van der Waals surface area contributed by atoms with Gasteiger partial charge in [-0.25, -0.2) is 14.1 Å². The molecule has 2 amide bonds. The molecule has 2 aromatic carbocycles. The first-order chi connectivity index (χ1) is 14.4. The Hall–Kier alpha value is -3.06. The van der Waals surface area contributed by atoms with Crippen LogP contribution in [0.1, 0.15) is 22.8 Å². The molecule has 2 aliphatic heterocycles. The summed E-state index contributed by atoms with van der Waals surface area (Å²) in [4.78, 5) is 27.5. The molecular weight excluding hydrogens is 384 g/mol. The summed E-state index contributed by atoms with van der Waals surface area (Å²) >= 11 is 0. The molecule has 2 heterocycles. The van der Waals surface area contributed by atoms with E-state index in [1.54, 1.807) is 19.2 Å². The lowest BCUT2D eigenvalue weighted by Gasteiger charge is -2.46. The van der Waals surface area contributed by atoms with Crippen LogP contribution >= 0.6 is 0 Å². The summed E-state index contributed by atoms with van der Waals surface area (Å²) in [5.74, 6) is 1.21. The first-order valence-electron chi connectivity index (χ1n) is 10.0. The number of amides is 2. The molecule has 2 aliphatic rings. The van der Waals surface area contributed by atoms with Gasteiger partial charge in [0, 0.05) is 23.6 Å². The summed E-state index contributed by atoms with van der Waals surface area (Å²) in [5, 5.41) is 0. The predicted octanol–water partition coefficient (Wildman–Crippen LogP) is 3.45. The Bertz CT molecular complexity index is 974. The Morgan fingerprint density at radius 2 is 1.90 bits per heavy atom. The van der Waals surface area contributed by atoms with Gasteiger partial charge in [0.25, 0.3) is 0 Å². The monoisotopic (exact) mass is 411 g/mol. The van der Waals surface area contributed by atoms with Crippen molar-refractivity contribution >= 4 is 17.7 Å². The average Bonchev–Trinajstić information content (AvgIpc) is 2.96. The molecule has 2 unspecified atom stereocenters. The molecular formula is C23H27N2O5+. The molecule has 0 aliphatic carbocycles. The summed E-state index contributed by atoms with van der Waals surface area (Å²) in [6, 6.07) is 12.9. The van der Waals surface area contributed by atoms with Crippen LogP contribution in [0.3, 0.4) is 0 Å². The number of hydrogen-bond donors (Lipinski definition) is 0. The number of quaternary nitrogens is 1. The summed E-state index contributed by atoms with van der Waals surface area (Å²) in [6.07, 6.45) is 0. The lowest BCUT2D eigenvalue weighted by atomic mass is 9.95. The Morgan fingerprint density at radius 1 is 1.17 bits per heavy atom. The Labute approximate surface area is 176 Å². The van der Waals surface area contributed by atoms with Gasteiger partial charge in [-0.1, -0.05) is 13.0 Å². The number of methoxy groups -OCH3 is 2.